The summed E-state index contributed by atoms with van der Waals surface area (Å²) in [5, 5.41) is 0.794. The van der Waals surface area contributed by atoms with Crippen molar-refractivity contribution in [1.82, 2.24) is 0 Å². The first-order valence-electron chi connectivity index (χ1n) is 2.10. The third-order valence-corrected chi connectivity index (χ3v) is 0.985. The molecule has 0 fully saturated rings. The molecule has 0 N–H and O–H groups in total. The van der Waals surface area contributed by atoms with Crippen LogP contribution < -0.4 is 0 Å². The average Bonchev–Trinajstić information content (AvgIpc) is 1.69. The second-order valence-corrected chi connectivity index (χ2v) is 1.73. The summed E-state index contributed by atoms with van der Waals surface area (Å²) in [6.45, 7) is 0. The standard InChI is InChI=1S/C6H5Cl.Sn.2H/c7-6-4-2-1-3-5-6;;;/h1-5H;;;. The quantitative estimate of drug-likeness (QED) is 0.595. The van der Waals surface area contributed by atoms with Crippen LogP contribution in [0.1, 0.15) is 0 Å². The van der Waals surface area contributed by atoms with Gasteiger partial charge in [0.25, 0.3) is 0 Å². The summed E-state index contributed by atoms with van der Waals surface area (Å²) in [5.41, 5.74) is 0. The predicted molar refractivity (Wildman–Crippen MR) is 40.0 cm³/mol. The number of hydrogen-bond acceptors (Lipinski definition) is 0. The molecule has 1 aromatic carbocycles. The Hall–Kier alpha value is 0.309. The second kappa shape index (κ2) is 4.21. The third kappa shape index (κ3) is 2.58. The summed E-state index contributed by atoms with van der Waals surface area (Å²) in [6, 6.07) is 9.44. The fourth-order valence-corrected chi connectivity index (χ4v) is 0.560. The molecule has 0 aliphatic rings. The first kappa shape index (κ1) is 8.31. The van der Waals surface area contributed by atoms with Crippen LogP contribution in [0.4, 0.5) is 0 Å². The minimum atomic E-state index is 0. The van der Waals surface area contributed by atoms with Gasteiger partial charge in [-0.05, 0) is 12.1 Å². The molecule has 2 heteroatoms. The summed E-state index contributed by atoms with van der Waals surface area (Å²) >= 11 is 5.54. The number of benzene rings is 1. The van der Waals surface area contributed by atoms with Crippen LogP contribution in [0.5, 0.6) is 0 Å². The zero-order valence-electron chi connectivity index (χ0n) is 4.47. The van der Waals surface area contributed by atoms with E-state index < -0.39 is 0 Å². The molecule has 0 bridgehead atoms. The number of hydrogen-bond donors (Lipinski definition) is 0. The molecule has 1 aromatic rings. The Morgan fingerprint density at radius 2 is 1.50 bits per heavy atom. The molecule has 42 valence electrons. The van der Waals surface area contributed by atoms with Gasteiger partial charge in [0, 0.05) is 5.02 Å². The van der Waals surface area contributed by atoms with Crippen molar-refractivity contribution in [2.75, 3.05) is 0 Å². The Bertz CT molecular complexity index is 138. The molecule has 1 rings (SSSR count). The minimum absolute atomic E-state index is 0. The maximum absolute atomic E-state index is 5.54. The van der Waals surface area contributed by atoms with Crippen molar-refractivity contribution in [2.45, 2.75) is 0 Å². The number of halogens is 1. The van der Waals surface area contributed by atoms with E-state index in [2.05, 4.69) is 0 Å². The molecular formula is C6H7ClSn. The van der Waals surface area contributed by atoms with E-state index in [1.54, 1.807) is 0 Å². The summed E-state index contributed by atoms with van der Waals surface area (Å²) in [6.07, 6.45) is 0. The Balaban J connectivity index is 0.000000490. The molecule has 0 aliphatic heterocycles. The van der Waals surface area contributed by atoms with Gasteiger partial charge in [0.15, 0.2) is 0 Å². The number of rotatable bonds is 0. The summed E-state index contributed by atoms with van der Waals surface area (Å²) in [7, 11) is 0. The van der Waals surface area contributed by atoms with Crippen molar-refractivity contribution in [3.63, 3.8) is 0 Å². The third-order valence-electron chi connectivity index (χ3n) is 0.733. The van der Waals surface area contributed by atoms with Crippen LogP contribution in [0.3, 0.4) is 0 Å². The van der Waals surface area contributed by atoms with E-state index in [9.17, 15) is 0 Å². The van der Waals surface area contributed by atoms with Crippen LogP contribution in [-0.2, 0) is 0 Å². The van der Waals surface area contributed by atoms with Gasteiger partial charge < -0.3 is 0 Å². The van der Waals surface area contributed by atoms with Crippen LogP contribution >= 0.6 is 11.6 Å². The molecule has 0 spiro atoms. The molecule has 8 heavy (non-hydrogen) atoms. The molecule has 0 saturated carbocycles. The molecule has 0 atom stereocenters. The Morgan fingerprint density at radius 1 is 1.00 bits per heavy atom. The van der Waals surface area contributed by atoms with E-state index in [0.29, 0.717) is 0 Å². The molecule has 0 amide bonds. The van der Waals surface area contributed by atoms with Crippen LogP contribution in [0.25, 0.3) is 0 Å². The molecule has 0 saturated heterocycles. The van der Waals surface area contributed by atoms with Gasteiger partial charge in [-0.2, -0.15) is 0 Å². The van der Waals surface area contributed by atoms with Crippen LogP contribution in [0.15, 0.2) is 30.3 Å². The van der Waals surface area contributed by atoms with Crippen molar-refractivity contribution in [2.24, 2.45) is 0 Å². The van der Waals surface area contributed by atoms with Crippen LogP contribution in [-0.4, -0.2) is 23.9 Å². The Kier molecular flexibility index (Phi) is 4.38. The van der Waals surface area contributed by atoms with Gasteiger partial charge in [0.2, 0.25) is 0 Å². The zero-order chi connectivity index (χ0) is 5.11. The van der Waals surface area contributed by atoms with E-state index in [4.69, 9.17) is 11.6 Å². The van der Waals surface area contributed by atoms with E-state index in [0.717, 1.165) is 5.02 Å². The zero-order valence-corrected chi connectivity index (χ0v) is 9.26. The van der Waals surface area contributed by atoms with Gasteiger partial charge >= 0.3 is 23.9 Å². The predicted octanol–water partition coefficient (Wildman–Crippen LogP) is 1.42. The second-order valence-electron chi connectivity index (χ2n) is 1.30. The van der Waals surface area contributed by atoms with E-state index in [1.807, 2.05) is 30.3 Å². The first-order chi connectivity index (χ1) is 3.39. The van der Waals surface area contributed by atoms with E-state index in [1.165, 1.54) is 0 Å². The molecule has 0 unspecified atom stereocenters. The summed E-state index contributed by atoms with van der Waals surface area (Å²) in [4.78, 5) is 0. The SMILES string of the molecule is Clc1ccccc1.[SnH2]. The van der Waals surface area contributed by atoms with E-state index >= 15 is 0 Å². The van der Waals surface area contributed by atoms with Crippen LogP contribution in [0, 0.1) is 0 Å². The van der Waals surface area contributed by atoms with Crippen molar-refractivity contribution >= 4 is 35.5 Å². The van der Waals surface area contributed by atoms with E-state index in [-0.39, 0.29) is 23.9 Å². The van der Waals surface area contributed by atoms with Crippen molar-refractivity contribution in [3.05, 3.63) is 35.4 Å². The van der Waals surface area contributed by atoms with Crippen molar-refractivity contribution in [1.29, 1.82) is 0 Å². The molecular weight excluding hydrogens is 226 g/mol. The molecule has 2 radical (unpaired) electrons. The molecule has 0 nitrogen and oxygen atoms in total. The normalized spacial score (nSPS) is 7.62. The topological polar surface area (TPSA) is 0 Å². The molecule has 0 heterocycles. The van der Waals surface area contributed by atoms with Crippen molar-refractivity contribution in [3.8, 4) is 0 Å². The first-order valence-corrected chi connectivity index (χ1v) is 2.48. The average molecular weight is 233 g/mol. The van der Waals surface area contributed by atoms with Gasteiger partial charge in [0.1, 0.15) is 0 Å². The fraction of sp³-hybridized carbons (Fsp3) is 0. The Labute approximate surface area is 70.8 Å². The maximum atomic E-state index is 5.54. The van der Waals surface area contributed by atoms with Gasteiger partial charge in [-0.3, -0.25) is 0 Å². The Morgan fingerprint density at radius 3 is 1.75 bits per heavy atom. The van der Waals surface area contributed by atoms with Gasteiger partial charge in [0.05, 0.1) is 0 Å². The molecule has 0 aromatic heterocycles. The molecule has 0 aliphatic carbocycles. The summed E-state index contributed by atoms with van der Waals surface area (Å²) < 4.78 is 0. The van der Waals surface area contributed by atoms with Crippen LogP contribution in [0.2, 0.25) is 5.02 Å². The summed E-state index contributed by atoms with van der Waals surface area (Å²) in [5.74, 6) is 0. The van der Waals surface area contributed by atoms with Crippen molar-refractivity contribution < 1.29 is 0 Å². The monoisotopic (exact) mass is 234 g/mol. The van der Waals surface area contributed by atoms with Gasteiger partial charge in [-0.1, -0.05) is 29.8 Å². The fourth-order valence-electron chi connectivity index (χ4n) is 0.415. The van der Waals surface area contributed by atoms with Gasteiger partial charge in [-0.25, -0.2) is 0 Å². The van der Waals surface area contributed by atoms with Gasteiger partial charge in [-0.15, -0.1) is 0 Å².